The number of benzene rings is 3. The second-order valence-electron chi connectivity index (χ2n) is 8.64. The Balaban J connectivity index is 1.47. The van der Waals surface area contributed by atoms with E-state index >= 15 is 0 Å². The number of rotatable bonds is 8. The van der Waals surface area contributed by atoms with Crippen LogP contribution in [-0.2, 0) is 0 Å². The SMILES string of the molecule is COc1cc(-c2cc(C(=O)N/N=C(\C)c3ccc(-n4ccnc4)cc3)c3ccccc3n2)cc(OC)c1OC. The number of hydrogen-bond acceptors (Lipinski definition) is 7. The molecule has 0 radical (unpaired) electrons. The topological polar surface area (TPSA) is 99.9 Å². The Kier molecular flexibility index (Phi) is 7.22. The first-order valence-corrected chi connectivity index (χ1v) is 12.2. The summed E-state index contributed by atoms with van der Waals surface area (Å²) in [7, 11) is 4.66. The van der Waals surface area contributed by atoms with Crippen LogP contribution < -0.4 is 19.6 Å². The lowest BCUT2D eigenvalue weighted by Crippen LogP contribution is -2.20. The number of nitrogens with zero attached hydrogens (tertiary/aromatic N) is 4. The lowest BCUT2D eigenvalue weighted by molar-refractivity contribution is 0.0956. The van der Waals surface area contributed by atoms with Crippen molar-refractivity contribution in [3.8, 4) is 34.2 Å². The van der Waals surface area contributed by atoms with E-state index in [1.807, 2.05) is 66.2 Å². The molecule has 0 aliphatic heterocycles. The van der Waals surface area contributed by atoms with E-state index in [1.165, 1.54) is 0 Å². The molecule has 9 nitrogen and oxygen atoms in total. The molecule has 196 valence electrons. The lowest BCUT2D eigenvalue weighted by atomic mass is 10.0. The van der Waals surface area contributed by atoms with E-state index in [4.69, 9.17) is 19.2 Å². The zero-order chi connectivity index (χ0) is 27.4. The maximum Gasteiger partial charge on any atom is 0.272 e. The molecule has 0 saturated heterocycles. The summed E-state index contributed by atoms with van der Waals surface area (Å²) in [6.07, 6.45) is 5.34. The third-order valence-electron chi connectivity index (χ3n) is 6.33. The molecule has 2 aromatic heterocycles. The van der Waals surface area contributed by atoms with E-state index < -0.39 is 0 Å². The predicted molar refractivity (Wildman–Crippen MR) is 150 cm³/mol. The van der Waals surface area contributed by atoms with Gasteiger partial charge in [0.25, 0.3) is 5.91 Å². The molecule has 0 aliphatic rings. The summed E-state index contributed by atoms with van der Waals surface area (Å²) in [6.45, 7) is 1.85. The lowest BCUT2D eigenvalue weighted by Gasteiger charge is -2.15. The van der Waals surface area contributed by atoms with E-state index in [9.17, 15) is 4.79 Å². The highest BCUT2D eigenvalue weighted by Gasteiger charge is 2.18. The Morgan fingerprint density at radius 3 is 2.28 bits per heavy atom. The number of nitrogens with one attached hydrogen (secondary N) is 1. The third kappa shape index (κ3) is 5.15. The fourth-order valence-electron chi connectivity index (χ4n) is 4.29. The van der Waals surface area contributed by atoms with Crippen LogP contribution >= 0.6 is 0 Å². The highest BCUT2D eigenvalue weighted by atomic mass is 16.5. The number of hydrogen-bond donors (Lipinski definition) is 1. The van der Waals surface area contributed by atoms with Crippen molar-refractivity contribution in [2.45, 2.75) is 6.92 Å². The van der Waals surface area contributed by atoms with Crippen molar-refractivity contribution in [1.82, 2.24) is 20.0 Å². The summed E-state index contributed by atoms with van der Waals surface area (Å²) in [6, 6.07) is 20.7. The van der Waals surface area contributed by atoms with E-state index in [2.05, 4.69) is 15.5 Å². The Labute approximate surface area is 225 Å². The first-order chi connectivity index (χ1) is 19.0. The number of pyridine rings is 1. The standard InChI is InChI=1S/C30H27N5O4/c1-19(20-9-11-22(12-10-20)35-14-13-31-18-35)33-34-30(36)24-17-26(32-25-8-6-5-7-23(24)25)21-15-27(37-2)29(39-4)28(16-21)38-3/h5-18H,1-4H3,(H,34,36)/b33-19+. The molecule has 0 saturated carbocycles. The van der Waals surface area contributed by atoms with Gasteiger partial charge in [0.15, 0.2) is 11.5 Å². The summed E-state index contributed by atoms with van der Waals surface area (Å²) in [5, 5.41) is 5.08. The molecule has 0 aliphatic carbocycles. The molecule has 0 fully saturated rings. The van der Waals surface area contributed by atoms with Crippen LogP contribution in [0.3, 0.4) is 0 Å². The summed E-state index contributed by atoms with van der Waals surface area (Å²) in [5.41, 5.74) is 7.65. The van der Waals surface area contributed by atoms with Crippen LogP contribution in [0.25, 0.3) is 27.8 Å². The Morgan fingerprint density at radius 1 is 0.923 bits per heavy atom. The van der Waals surface area contributed by atoms with Gasteiger partial charge in [0.1, 0.15) is 0 Å². The predicted octanol–water partition coefficient (Wildman–Crippen LogP) is 5.27. The molecule has 0 spiro atoms. The molecule has 2 heterocycles. The van der Waals surface area contributed by atoms with Gasteiger partial charge in [0, 0.05) is 29.0 Å². The highest BCUT2D eigenvalue weighted by Crippen LogP contribution is 2.41. The van der Waals surface area contributed by atoms with Gasteiger partial charge >= 0.3 is 0 Å². The van der Waals surface area contributed by atoms with Crippen molar-refractivity contribution >= 4 is 22.5 Å². The van der Waals surface area contributed by atoms with Gasteiger partial charge in [-0.3, -0.25) is 4.79 Å². The number of aromatic nitrogens is 3. The smallest absolute Gasteiger partial charge is 0.272 e. The highest BCUT2D eigenvalue weighted by molar-refractivity contribution is 6.08. The first-order valence-electron chi connectivity index (χ1n) is 12.2. The summed E-state index contributed by atoms with van der Waals surface area (Å²) in [5.74, 6) is 1.11. The maximum atomic E-state index is 13.4. The molecule has 3 aromatic carbocycles. The van der Waals surface area contributed by atoms with Crippen LogP contribution in [-0.4, -0.2) is 47.5 Å². The number of hydrazone groups is 1. The summed E-state index contributed by atoms with van der Waals surface area (Å²) < 4.78 is 18.4. The largest absolute Gasteiger partial charge is 0.493 e. The van der Waals surface area contributed by atoms with Gasteiger partial charge < -0.3 is 18.8 Å². The molecule has 5 rings (SSSR count). The quantitative estimate of drug-likeness (QED) is 0.221. The van der Waals surface area contributed by atoms with E-state index in [1.54, 1.807) is 52.1 Å². The van der Waals surface area contributed by atoms with Gasteiger partial charge in [-0.15, -0.1) is 0 Å². The Morgan fingerprint density at radius 2 is 1.64 bits per heavy atom. The minimum Gasteiger partial charge on any atom is -0.493 e. The normalized spacial score (nSPS) is 11.3. The number of imidazole rings is 1. The monoisotopic (exact) mass is 521 g/mol. The molecule has 0 bridgehead atoms. The summed E-state index contributed by atoms with van der Waals surface area (Å²) in [4.78, 5) is 22.3. The molecule has 9 heteroatoms. The fourth-order valence-corrected chi connectivity index (χ4v) is 4.29. The minimum absolute atomic E-state index is 0.350. The molecule has 0 unspecified atom stereocenters. The van der Waals surface area contributed by atoms with Crippen LogP contribution in [0.2, 0.25) is 0 Å². The van der Waals surface area contributed by atoms with Crippen molar-refractivity contribution in [2.75, 3.05) is 21.3 Å². The fraction of sp³-hybridized carbons (Fsp3) is 0.133. The second-order valence-corrected chi connectivity index (χ2v) is 8.64. The Bertz CT molecular complexity index is 1640. The van der Waals surface area contributed by atoms with Crippen molar-refractivity contribution in [3.05, 3.63) is 96.6 Å². The van der Waals surface area contributed by atoms with E-state index in [0.29, 0.717) is 50.7 Å². The zero-order valence-corrected chi connectivity index (χ0v) is 22.0. The number of carbonyl (C=O) groups is 1. The van der Waals surface area contributed by atoms with Gasteiger partial charge in [-0.1, -0.05) is 30.3 Å². The second kappa shape index (κ2) is 11.1. The third-order valence-corrected chi connectivity index (χ3v) is 6.33. The molecule has 1 N–H and O–H groups in total. The first kappa shape index (κ1) is 25.5. The molecule has 5 aromatic rings. The number of carbonyl (C=O) groups excluding carboxylic acids is 1. The van der Waals surface area contributed by atoms with Gasteiger partial charge in [0.05, 0.1) is 50.1 Å². The average Bonchev–Trinajstić information content (AvgIpc) is 3.53. The van der Waals surface area contributed by atoms with Gasteiger partial charge in [0.2, 0.25) is 5.75 Å². The van der Waals surface area contributed by atoms with Gasteiger partial charge in [-0.05, 0) is 48.9 Å². The van der Waals surface area contributed by atoms with Crippen molar-refractivity contribution in [2.24, 2.45) is 5.10 Å². The van der Waals surface area contributed by atoms with Gasteiger partial charge in [-0.25, -0.2) is 15.4 Å². The molecule has 1 amide bonds. The molecular weight excluding hydrogens is 494 g/mol. The number of fused-ring (bicyclic) bond motifs is 1. The van der Waals surface area contributed by atoms with Crippen LogP contribution in [0.5, 0.6) is 17.2 Å². The van der Waals surface area contributed by atoms with Crippen LogP contribution in [0, 0.1) is 0 Å². The van der Waals surface area contributed by atoms with Crippen molar-refractivity contribution in [1.29, 1.82) is 0 Å². The maximum absolute atomic E-state index is 13.4. The summed E-state index contributed by atoms with van der Waals surface area (Å²) >= 11 is 0. The number of para-hydroxylation sites is 1. The van der Waals surface area contributed by atoms with E-state index in [-0.39, 0.29) is 5.91 Å². The Hall–Kier alpha value is -5.18. The number of ether oxygens (including phenoxy) is 3. The average molecular weight is 522 g/mol. The molecular formula is C30H27N5O4. The van der Waals surface area contributed by atoms with Crippen LogP contribution in [0.1, 0.15) is 22.8 Å². The molecule has 39 heavy (non-hydrogen) atoms. The van der Waals surface area contributed by atoms with Crippen LogP contribution in [0.4, 0.5) is 0 Å². The van der Waals surface area contributed by atoms with Gasteiger partial charge in [-0.2, -0.15) is 5.10 Å². The zero-order valence-electron chi connectivity index (χ0n) is 22.0. The number of amides is 1. The van der Waals surface area contributed by atoms with Crippen molar-refractivity contribution < 1.29 is 19.0 Å². The number of methoxy groups -OCH3 is 3. The van der Waals surface area contributed by atoms with Crippen molar-refractivity contribution in [3.63, 3.8) is 0 Å². The molecule has 0 atom stereocenters. The van der Waals surface area contributed by atoms with Crippen LogP contribution in [0.15, 0.2) is 90.6 Å². The minimum atomic E-state index is -0.350. The van der Waals surface area contributed by atoms with E-state index in [0.717, 1.165) is 11.3 Å².